The Hall–Kier alpha value is -3.44. The van der Waals surface area contributed by atoms with E-state index in [4.69, 9.17) is 17.3 Å². The molecule has 0 fully saturated rings. The van der Waals surface area contributed by atoms with Crippen molar-refractivity contribution in [3.05, 3.63) is 102 Å². The van der Waals surface area contributed by atoms with Crippen LogP contribution in [0.1, 0.15) is 16.7 Å². The summed E-state index contributed by atoms with van der Waals surface area (Å²) >= 11 is 5.52. The molecule has 0 amide bonds. The predicted molar refractivity (Wildman–Crippen MR) is 128 cm³/mol. The van der Waals surface area contributed by atoms with Gasteiger partial charge in [0.1, 0.15) is 0 Å². The second-order valence-electron chi connectivity index (χ2n) is 7.26. The van der Waals surface area contributed by atoms with Crippen molar-refractivity contribution >= 4 is 23.0 Å². The molecule has 0 aliphatic heterocycles. The summed E-state index contributed by atoms with van der Waals surface area (Å²) in [4.78, 5) is 0. The number of aromatic nitrogens is 2. The van der Waals surface area contributed by atoms with Gasteiger partial charge in [-0.3, -0.25) is 0 Å². The molecule has 0 radical (unpaired) electrons. The highest BCUT2D eigenvalue weighted by Crippen LogP contribution is 2.23. The number of hydrogen-bond donors (Lipinski definition) is 2. The smallest absolute Gasteiger partial charge is 0.171 e. The Morgan fingerprint density at radius 2 is 1.60 bits per heavy atom. The molecular weight excluding hydrogens is 388 g/mol. The number of thiocarbonyl (C=S) groups is 1. The number of benzene rings is 3. The molecule has 0 aliphatic rings. The molecule has 0 spiro atoms. The lowest BCUT2D eigenvalue weighted by Crippen LogP contribution is -2.28. The van der Waals surface area contributed by atoms with Gasteiger partial charge in [0.2, 0.25) is 0 Å². The van der Waals surface area contributed by atoms with Crippen LogP contribution in [0.4, 0.5) is 5.69 Å². The van der Waals surface area contributed by atoms with Crippen LogP contribution in [0.15, 0.2) is 85.1 Å². The van der Waals surface area contributed by atoms with E-state index in [1.165, 1.54) is 11.1 Å². The maximum Gasteiger partial charge on any atom is 0.171 e. The first kappa shape index (κ1) is 19.9. The van der Waals surface area contributed by atoms with E-state index < -0.39 is 0 Å². The highest BCUT2D eigenvalue weighted by Gasteiger charge is 2.12. The summed E-state index contributed by atoms with van der Waals surface area (Å²) in [5, 5.41) is 12.0. The molecule has 1 aromatic heterocycles. The van der Waals surface area contributed by atoms with Crippen LogP contribution in [0, 0.1) is 13.8 Å². The third kappa shape index (κ3) is 4.58. The van der Waals surface area contributed by atoms with Crippen molar-refractivity contribution in [2.75, 3.05) is 5.32 Å². The monoisotopic (exact) mass is 412 g/mol. The van der Waals surface area contributed by atoms with Gasteiger partial charge in [0.15, 0.2) is 5.11 Å². The van der Waals surface area contributed by atoms with Crippen LogP contribution in [0.2, 0.25) is 0 Å². The van der Waals surface area contributed by atoms with Crippen LogP contribution in [-0.2, 0) is 6.54 Å². The van der Waals surface area contributed by atoms with E-state index in [-0.39, 0.29) is 0 Å². The number of nitrogens with one attached hydrogen (secondary N) is 2. The molecule has 4 aromatic rings. The molecule has 0 saturated carbocycles. The molecular formula is C25H24N4S. The van der Waals surface area contributed by atoms with Gasteiger partial charge in [0.25, 0.3) is 0 Å². The van der Waals surface area contributed by atoms with E-state index in [2.05, 4.69) is 54.9 Å². The van der Waals surface area contributed by atoms with Gasteiger partial charge in [-0.15, -0.1) is 0 Å². The van der Waals surface area contributed by atoms with Crippen molar-refractivity contribution in [3.63, 3.8) is 0 Å². The number of hydrogen-bond acceptors (Lipinski definition) is 2. The lowest BCUT2D eigenvalue weighted by molar-refractivity contribution is 0.879. The zero-order valence-electron chi connectivity index (χ0n) is 17.1. The fourth-order valence-electron chi connectivity index (χ4n) is 3.26. The van der Waals surface area contributed by atoms with Gasteiger partial charge in [-0.2, -0.15) is 5.10 Å². The molecule has 3 aromatic carbocycles. The summed E-state index contributed by atoms with van der Waals surface area (Å²) in [7, 11) is 0. The van der Waals surface area contributed by atoms with Gasteiger partial charge < -0.3 is 10.6 Å². The first-order valence-corrected chi connectivity index (χ1v) is 10.3. The minimum absolute atomic E-state index is 0.577. The van der Waals surface area contributed by atoms with Gasteiger partial charge in [0, 0.05) is 29.6 Å². The van der Waals surface area contributed by atoms with E-state index in [1.807, 2.05) is 59.3 Å². The fraction of sp³-hybridized carbons (Fsp3) is 0.120. The molecule has 4 nitrogen and oxygen atoms in total. The summed E-state index contributed by atoms with van der Waals surface area (Å²) in [6, 6.07) is 26.6. The Morgan fingerprint density at radius 1 is 0.900 bits per heavy atom. The normalized spacial score (nSPS) is 10.6. The minimum Gasteiger partial charge on any atom is -0.358 e. The van der Waals surface area contributed by atoms with E-state index in [1.54, 1.807) is 0 Å². The summed E-state index contributed by atoms with van der Waals surface area (Å²) < 4.78 is 1.92. The quantitative estimate of drug-likeness (QED) is 0.416. The van der Waals surface area contributed by atoms with Crippen molar-refractivity contribution in [3.8, 4) is 16.9 Å². The van der Waals surface area contributed by atoms with Crippen molar-refractivity contribution in [2.24, 2.45) is 0 Å². The lowest BCUT2D eigenvalue weighted by atomic mass is 10.1. The first-order chi connectivity index (χ1) is 14.6. The predicted octanol–water partition coefficient (Wildman–Crippen LogP) is 5.64. The van der Waals surface area contributed by atoms with Crippen molar-refractivity contribution in [2.45, 2.75) is 20.4 Å². The van der Waals surface area contributed by atoms with E-state index in [9.17, 15) is 0 Å². The average molecular weight is 413 g/mol. The molecule has 0 unspecified atom stereocenters. The van der Waals surface area contributed by atoms with E-state index in [0.29, 0.717) is 11.7 Å². The van der Waals surface area contributed by atoms with E-state index in [0.717, 1.165) is 28.2 Å². The van der Waals surface area contributed by atoms with Crippen LogP contribution in [-0.4, -0.2) is 14.9 Å². The number of para-hydroxylation sites is 1. The van der Waals surface area contributed by atoms with Crippen molar-refractivity contribution < 1.29 is 0 Å². The highest BCUT2D eigenvalue weighted by atomic mass is 32.1. The Bertz CT molecular complexity index is 1150. The highest BCUT2D eigenvalue weighted by molar-refractivity contribution is 7.80. The fourth-order valence-corrected chi connectivity index (χ4v) is 3.45. The van der Waals surface area contributed by atoms with Gasteiger partial charge in [0.05, 0.1) is 11.4 Å². The molecule has 5 heteroatoms. The minimum atomic E-state index is 0.577. The topological polar surface area (TPSA) is 41.9 Å². The number of anilines is 1. The zero-order valence-corrected chi connectivity index (χ0v) is 17.9. The Balaban J connectivity index is 1.54. The second-order valence-corrected chi connectivity index (χ2v) is 7.66. The van der Waals surface area contributed by atoms with Crippen LogP contribution in [0.25, 0.3) is 16.9 Å². The molecule has 2 N–H and O–H groups in total. The number of rotatable bonds is 5. The first-order valence-electron chi connectivity index (χ1n) is 9.91. The molecule has 150 valence electrons. The Labute approximate surface area is 182 Å². The van der Waals surface area contributed by atoms with Crippen molar-refractivity contribution in [1.82, 2.24) is 15.1 Å². The molecule has 0 saturated heterocycles. The third-order valence-corrected chi connectivity index (χ3v) is 5.31. The molecule has 0 atom stereocenters. The second kappa shape index (κ2) is 8.93. The van der Waals surface area contributed by atoms with Crippen LogP contribution < -0.4 is 10.6 Å². The number of nitrogens with zero attached hydrogens (tertiary/aromatic N) is 2. The molecule has 4 rings (SSSR count). The lowest BCUT2D eigenvalue weighted by Gasteiger charge is -2.12. The SMILES string of the molecule is Cc1ccc(NC(=S)NCc2cn(-c3ccccc3)nc2-c2ccccc2)cc1C. The number of aryl methyl sites for hydroxylation is 2. The maximum absolute atomic E-state index is 5.52. The van der Waals surface area contributed by atoms with Crippen LogP contribution >= 0.6 is 12.2 Å². The van der Waals surface area contributed by atoms with Gasteiger partial charge in [-0.1, -0.05) is 54.6 Å². The van der Waals surface area contributed by atoms with Gasteiger partial charge >= 0.3 is 0 Å². The molecule has 1 heterocycles. The zero-order chi connectivity index (χ0) is 20.9. The molecule has 30 heavy (non-hydrogen) atoms. The van der Waals surface area contributed by atoms with Crippen LogP contribution in [0.3, 0.4) is 0 Å². The molecule has 0 aliphatic carbocycles. The van der Waals surface area contributed by atoms with Crippen molar-refractivity contribution in [1.29, 1.82) is 0 Å². The van der Waals surface area contributed by atoms with Gasteiger partial charge in [-0.05, 0) is 61.5 Å². The van der Waals surface area contributed by atoms with Crippen LogP contribution in [0.5, 0.6) is 0 Å². The third-order valence-electron chi connectivity index (χ3n) is 5.06. The largest absolute Gasteiger partial charge is 0.358 e. The summed E-state index contributed by atoms with van der Waals surface area (Å²) in [5.41, 5.74) is 7.61. The summed E-state index contributed by atoms with van der Waals surface area (Å²) in [6.45, 7) is 4.78. The summed E-state index contributed by atoms with van der Waals surface area (Å²) in [5.74, 6) is 0. The summed E-state index contributed by atoms with van der Waals surface area (Å²) in [6.07, 6.45) is 2.06. The Morgan fingerprint density at radius 3 is 2.30 bits per heavy atom. The van der Waals surface area contributed by atoms with Gasteiger partial charge in [-0.25, -0.2) is 4.68 Å². The Kier molecular flexibility index (Phi) is 5.91. The standard InChI is InChI=1S/C25H24N4S/c1-18-13-14-22(15-19(18)2)27-25(30)26-16-21-17-29(23-11-7-4-8-12-23)28-24(21)20-9-5-3-6-10-20/h3-15,17H,16H2,1-2H3,(H2,26,27,30). The molecule has 0 bridgehead atoms. The maximum atomic E-state index is 5.52. The average Bonchev–Trinajstić information content (AvgIpc) is 3.20. The van der Waals surface area contributed by atoms with E-state index >= 15 is 0 Å².